The summed E-state index contributed by atoms with van der Waals surface area (Å²) in [6.45, 7) is 1.08. The van der Waals surface area contributed by atoms with Crippen molar-refractivity contribution >= 4 is 25.8 Å². The lowest BCUT2D eigenvalue weighted by Gasteiger charge is -2.41. The number of likely N-dealkylation sites (tertiary alicyclic amines) is 1. The van der Waals surface area contributed by atoms with Crippen molar-refractivity contribution in [2.45, 2.75) is 23.8 Å². The fourth-order valence-corrected chi connectivity index (χ4v) is 5.73. The Hall–Kier alpha value is -1.39. The van der Waals surface area contributed by atoms with Gasteiger partial charge < -0.3 is 9.32 Å². The van der Waals surface area contributed by atoms with Crippen molar-refractivity contribution in [1.82, 2.24) is 9.21 Å². The minimum atomic E-state index is -3.35. The van der Waals surface area contributed by atoms with Crippen LogP contribution >= 0.6 is 0 Å². The van der Waals surface area contributed by atoms with Gasteiger partial charge in [0.2, 0.25) is 15.9 Å². The van der Waals surface area contributed by atoms with Gasteiger partial charge in [-0.1, -0.05) is 0 Å². The molecule has 0 atom stereocenters. The molecule has 0 N–H and O–H groups in total. The number of hydrogen-bond donors (Lipinski definition) is 0. The molecule has 8 nitrogen and oxygen atoms in total. The van der Waals surface area contributed by atoms with Crippen LogP contribution in [0.2, 0.25) is 0 Å². The number of rotatable bonds is 5. The second kappa shape index (κ2) is 6.73. The average Bonchev–Trinajstić information content (AvgIpc) is 2.96. The molecule has 10 heteroatoms. The lowest BCUT2D eigenvalue weighted by Crippen LogP contribution is -2.59. The summed E-state index contributed by atoms with van der Waals surface area (Å²) in [6, 6.07) is 3.26. The van der Waals surface area contributed by atoms with E-state index in [4.69, 9.17) is 4.42 Å². The number of sulfone groups is 1. The summed E-state index contributed by atoms with van der Waals surface area (Å²) in [6.07, 6.45) is 3.56. The molecule has 3 rings (SSSR count). The SMILES string of the molecule is CS(=O)(=O)N1CCC(C(=O)N2CC(S(=O)(=O)Cc3ccco3)C2)CC1. The van der Waals surface area contributed by atoms with Gasteiger partial charge in [-0.05, 0) is 25.0 Å². The molecule has 0 aliphatic carbocycles. The molecule has 140 valence electrons. The molecular formula is C15H22N2O6S2. The monoisotopic (exact) mass is 390 g/mol. The normalized spacial score (nSPS) is 21.2. The van der Waals surface area contributed by atoms with Gasteiger partial charge in [-0.3, -0.25) is 4.79 Å². The molecule has 2 aliphatic rings. The smallest absolute Gasteiger partial charge is 0.225 e. The van der Waals surface area contributed by atoms with Crippen LogP contribution in [0.5, 0.6) is 0 Å². The van der Waals surface area contributed by atoms with Crippen molar-refractivity contribution in [2.24, 2.45) is 5.92 Å². The topological polar surface area (TPSA) is 105 Å². The highest BCUT2D eigenvalue weighted by molar-refractivity contribution is 7.91. The first-order valence-corrected chi connectivity index (χ1v) is 11.7. The minimum Gasteiger partial charge on any atom is -0.468 e. The zero-order chi connectivity index (χ0) is 18.2. The maximum atomic E-state index is 12.5. The molecule has 2 aliphatic heterocycles. The van der Waals surface area contributed by atoms with Crippen LogP contribution in [-0.4, -0.2) is 69.6 Å². The molecule has 0 bridgehead atoms. The van der Waals surface area contributed by atoms with Gasteiger partial charge in [-0.25, -0.2) is 21.1 Å². The zero-order valence-electron chi connectivity index (χ0n) is 14.0. The average molecular weight is 390 g/mol. The number of amides is 1. The number of hydrogen-bond acceptors (Lipinski definition) is 6. The van der Waals surface area contributed by atoms with Crippen molar-refractivity contribution in [3.8, 4) is 0 Å². The number of carbonyl (C=O) groups excluding carboxylic acids is 1. The summed E-state index contributed by atoms with van der Waals surface area (Å²) in [5.74, 6) is -0.0540. The predicted molar refractivity (Wildman–Crippen MR) is 90.8 cm³/mol. The molecule has 0 saturated carbocycles. The van der Waals surface area contributed by atoms with E-state index in [2.05, 4.69) is 0 Å². The van der Waals surface area contributed by atoms with Crippen LogP contribution in [0.25, 0.3) is 0 Å². The van der Waals surface area contributed by atoms with E-state index in [1.54, 1.807) is 17.0 Å². The highest BCUT2D eigenvalue weighted by atomic mass is 32.2. The van der Waals surface area contributed by atoms with E-state index >= 15 is 0 Å². The molecule has 1 amide bonds. The zero-order valence-corrected chi connectivity index (χ0v) is 15.6. The summed E-state index contributed by atoms with van der Waals surface area (Å²) in [5.41, 5.74) is 0. The number of furan rings is 1. The molecule has 0 aromatic carbocycles. The molecule has 25 heavy (non-hydrogen) atoms. The summed E-state index contributed by atoms with van der Waals surface area (Å²) in [7, 11) is -6.57. The van der Waals surface area contributed by atoms with Crippen LogP contribution in [0.15, 0.2) is 22.8 Å². The first-order chi connectivity index (χ1) is 11.7. The van der Waals surface area contributed by atoms with E-state index in [1.165, 1.54) is 16.8 Å². The second-order valence-electron chi connectivity index (χ2n) is 6.69. The summed E-state index contributed by atoms with van der Waals surface area (Å²) < 4.78 is 54.1. The largest absolute Gasteiger partial charge is 0.468 e. The molecule has 3 heterocycles. The van der Waals surface area contributed by atoms with Gasteiger partial charge in [0.15, 0.2) is 9.84 Å². The Morgan fingerprint density at radius 2 is 1.84 bits per heavy atom. The van der Waals surface area contributed by atoms with Crippen LogP contribution in [0, 0.1) is 5.92 Å². The quantitative estimate of drug-likeness (QED) is 0.705. The Balaban J connectivity index is 1.50. The Kier molecular flexibility index (Phi) is 4.95. The van der Waals surface area contributed by atoms with E-state index in [0.717, 1.165) is 0 Å². The molecular weight excluding hydrogens is 368 g/mol. The Labute approximate surface area is 147 Å². The highest BCUT2D eigenvalue weighted by Crippen LogP contribution is 2.26. The lowest BCUT2D eigenvalue weighted by molar-refractivity contribution is -0.140. The van der Waals surface area contributed by atoms with Gasteiger partial charge in [-0.2, -0.15) is 0 Å². The summed E-state index contributed by atoms with van der Waals surface area (Å²) >= 11 is 0. The van der Waals surface area contributed by atoms with Crippen LogP contribution in [0.3, 0.4) is 0 Å². The third-order valence-corrected chi connectivity index (χ3v) is 8.17. The van der Waals surface area contributed by atoms with Gasteiger partial charge in [0.25, 0.3) is 0 Å². The second-order valence-corrected chi connectivity index (χ2v) is 11.0. The van der Waals surface area contributed by atoms with Crippen LogP contribution in [0.4, 0.5) is 0 Å². The molecule has 1 aromatic heterocycles. The lowest BCUT2D eigenvalue weighted by atomic mass is 9.95. The first-order valence-electron chi connectivity index (χ1n) is 8.14. The maximum absolute atomic E-state index is 12.5. The van der Waals surface area contributed by atoms with Crippen molar-refractivity contribution < 1.29 is 26.0 Å². The third-order valence-electron chi connectivity index (χ3n) is 4.86. The Morgan fingerprint density at radius 1 is 1.20 bits per heavy atom. The van der Waals surface area contributed by atoms with Crippen molar-refractivity contribution in [3.63, 3.8) is 0 Å². The van der Waals surface area contributed by atoms with E-state index in [-0.39, 0.29) is 30.7 Å². The number of carbonyl (C=O) groups is 1. The van der Waals surface area contributed by atoms with Gasteiger partial charge in [0.1, 0.15) is 11.5 Å². The van der Waals surface area contributed by atoms with Gasteiger partial charge in [-0.15, -0.1) is 0 Å². The highest BCUT2D eigenvalue weighted by Gasteiger charge is 2.42. The molecule has 1 aromatic rings. The number of sulfonamides is 1. The van der Waals surface area contributed by atoms with Gasteiger partial charge in [0, 0.05) is 32.1 Å². The van der Waals surface area contributed by atoms with Gasteiger partial charge in [0.05, 0.1) is 17.8 Å². The standard InChI is InChI=1S/C15H22N2O6S2/c1-24(19,20)17-6-4-12(5-7-17)15(18)16-9-14(10-16)25(21,22)11-13-3-2-8-23-13/h2-3,8,12,14H,4-7,9-11H2,1H3. The van der Waals surface area contributed by atoms with E-state index in [1.807, 2.05) is 0 Å². The fourth-order valence-electron chi connectivity index (χ4n) is 3.25. The van der Waals surface area contributed by atoms with Crippen molar-refractivity contribution in [2.75, 3.05) is 32.4 Å². The van der Waals surface area contributed by atoms with Crippen LogP contribution in [0.1, 0.15) is 18.6 Å². The van der Waals surface area contributed by atoms with E-state index in [0.29, 0.717) is 31.7 Å². The van der Waals surface area contributed by atoms with E-state index < -0.39 is 25.1 Å². The fraction of sp³-hybridized carbons (Fsp3) is 0.667. The Bertz CT molecular complexity index is 817. The van der Waals surface area contributed by atoms with Crippen molar-refractivity contribution in [3.05, 3.63) is 24.2 Å². The molecule has 0 radical (unpaired) electrons. The van der Waals surface area contributed by atoms with Crippen LogP contribution < -0.4 is 0 Å². The minimum absolute atomic E-state index is 0.0717. The summed E-state index contributed by atoms with van der Waals surface area (Å²) in [4.78, 5) is 14.0. The molecule has 2 fully saturated rings. The van der Waals surface area contributed by atoms with Crippen molar-refractivity contribution in [1.29, 1.82) is 0 Å². The molecule has 0 unspecified atom stereocenters. The number of nitrogens with zero attached hydrogens (tertiary/aromatic N) is 2. The maximum Gasteiger partial charge on any atom is 0.225 e. The summed E-state index contributed by atoms with van der Waals surface area (Å²) in [5, 5.41) is -0.558. The first kappa shape index (κ1) is 18.4. The molecule has 0 spiro atoms. The van der Waals surface area contributed by atoms with E-state index in [9.17, 15) is 21.6 Å². The van der Waals surface area contributed by atoms with Crippen LogP contribution in [-0.2, 0) is 30.4 Å². The molecule has 2 saturated heterocycles. The number of piperidine rings is 1. The predicted octanol–water partition coefficient (Wildman–Crippen LogP) is 0.0768. The third kappa shape index (κ3) is 4.06. The van der Waals surface area contributed by atoms with Gasteiger partial charge >= 0.3 is 0 Å². The Morgan fingerprint density at radius 3 is 2.36 bits per heavy atom.